The smallest absolute Gasteiger partial charge is 0.336 e. The normalized spacial score (nSPS) is 16.7. The molecular weight excluding hydrogens is 562 g/mol. The number of nitrogens with zero attached hydrogens (tertiary/aromatic N) is 3. The average Bonchev–Trinajstić information content (AvgIpc) is 3.01. The van der Waals surface area contributed by atoms with Crippen molar-refractivity contribution in [1.82, 2.24) is 4.98 Å². The summed E-state index contributed by atoms with van der Waals surface area (Å²) in [6.07, 6.45) is 6.48. The number of benzene rings is 2. The van der Waals surface area contributed by atoms with E-state index in [1.807, 2.05) is 25.3 Å². The maximum Gasteiger partial charge on any atom is 0.336 e. The first-order valence-corrected chi connectivity index (χ1v) is 14.2. The lowest BCUT2D eigenvalue weighted by Gasteiger charge is -2.31. The molecule has 2 heterocycles. The molecule has 2 aromatic carbocycles. The number of hydrogen-bond donors (Lipinski definition) is 0. The number of rotatable bonds is 12. The SMILES string of the molecule is COC(=O)C1C(C)=NC(C)=C(C(=O)OCCOCC(C)=Cc2ccc(Cc3cccnc3)cc2)C1c1cccc([N+](=O)[O-])c1. The summed E-state index contributed by atoms with van der Waals surface area (Å²) in [6.45, 7) is 5.74. The van der Waals surface area contributed by atoms with E-state index in [1.54, 1.807) is 26.1 Å². The number of allylic oxidation sites excluding steroid dienone is 1. The number of ether oxygens (including phenoxy) is 3. The molecule has 228 valence electrons. The highest BCUT2D eigenvalue weighted by molar-refractivity contribution is 6.07. The van der Waals surface area contributed by atoms with Gasteiger partial charge >= 0.3 is 11.9 Å². The summed E-state index contributed by atoms with van der Waals surface area (Å²) < 4.78 is 16.3. The molecule has 44 heavy (non-hydrogen) atoms. The minimum atomic E-state index is -0.943. The minimum Gasteiger partial charge on any atom is -0.468 e. The number of non-ortho nitro benzene ring substituents is 1. The second-order valence-electron chi connectivity index (χ2n) is 10.5. The van der Waals surface area contributed by atoms with Crippen LogP contribution in [0.25, 0.3) is 6.08 Å². The number of aromatic nitrogens is 1. The van der Waals surface area contributed by atoms with E-state index in [-0.39, 0.29) is 24.5 Å². The van der Waals surface area contributed by atoms with E-state index in [0.29, 0.717) is 23.6 Å². The van der Waals surface area contributed by atoms with Crippen LogP contribution in [-0.2, 0) is 30.2 Å². The Kier molecular flexibility index (Phi) is 10.9. The van der Waals surface area contributed by atoms with E-state index in [9.17, 15) is 19.7 Å². The van der Waals surface area contributed by atoms with Gasteiger partial charge in [0.2, 0.25) is 0 Å². The fourth-order valence-electron chi connectivity index (χ4n) is 5.23. The van der Waals surface area contributed by atoms with Crippen LogP contribution >= 0.6 is 0 Å². The van der Waals surface area contributed by atoms with Gasteiger partial charge in [0.05, 0.1) is 30.8 Å². The largest absolute Gasteiger partial charge is 0.468 e. The van der Waals surface area contributed by atoms with Gasteiger partial charge in [-0.3, -0.25) is 24.9 Å². The summed E-state index contributed by atoms with van der Waals surface area (Å²) in [6, 6.07) is 18.1. The van der Waals surface area contributed by atoms with Gasteiger partial charge in [0.1, 0.15) is 12.5 Å². The van der Waals surface area contributed by atoms with Crippen LogP contribution in [0, 0.1) is 16.0 Å². The summed E-state index contributed by atoms with van der Waals surface area (Å²) in [5.74, 6) is -3.09. The van der Waals surface area contributed by atoms with E-state index in [4.69, 9.17) is 14.2 Å². The molecule has 0 N–H and O–H groups in total. The van der Waals surface area contributed by atoms with Crippen molar-refractivity contribution in [3.8, 4) is 0 Å². The zero-order valence-corrected chi connectivity index (χ0v) is 25.2. The molecule has 0 radical (unpaired) electrons. The Bertz CT molecular complexity index is 1590. The van der Waals surface area contributed by atoms with Gasteiger partial charge in [-0.15, -0.1) is 0 Å². The molecule has 3 aromatic rings. The molecule has 1 aliphatic heterocycles. The highest BCUT2D eigenvalue weighted by Gasteiger charge is 2.42. The fraction of sp³-hybridized carbons (Fsp3) is 0.294. The Morgan fingerprint density at radius 1 is 1.02 bits per heavy atom. The number of nitro groups is 1. The number of hydrogen-bond acceptors (Lipinski definition) is 9. The molecule has 4 rings (SSSR count). The van der Waals surface area contributed by atoms with Crippen molar-refractivity contribution in [3.05, 3.63) is 122 Å². The molecule has 10 heteroatoms. The molecule has 1 aliphatic rings. The highest BCUT2D eigenvalue weighted by Crippen LogP contribution is 2.40. The second-order valence-corrected chi connectivity index (χ2v) is 10.5. The maximum atomic E-state index is 13.3. The van der Waals surface area contributed by atoms with E-state index in [0.717, 1.165) is 23.1 Å². The Labute approximate surface area is 256 Å². The fourth-order valence-corrected chi connectivity index (χ4v) is 5.23. The van der Waals surface area contributed by atoms with Crippen molar-refractivity contribution in [1.29, 1.82) is 0 Å². The first-order valence-electron chi connectivity index (χ1n) is 14.2. The van der Waals surface area contributed by atoms with Crippen molar-refractivity contribution < 1.29 is 28.7 Å². The van der Waals surface area contributed by atoms with Crippen LogP contribution in [-0.4, -0.2) is 54.5 Å². The summed E-state index contributed by atoms with van der Waals surface area (Å²) in [5, 5.41) is 11.4. The molecular formula is C34H35N3O7. The predicted molar refractivity (Wildman–Crippen MR) is 166 cm³/mol. The monoisotopic (exact) mass is 597 g/mol. The van der Waals surface area contributed by atoms with Crippen LogP contribution in [0.3, 0.4) is 0 Å². The lowest BCUT2D eigenvalue weighted by molar-refractivity contribution is -0.384. The number of nitro benzene ring substituents is 1. The zero-order chi connectivity index (χ0) is 31.6. The summed E-state index contributed by atoms with van der Waals surface area (Å²) in [5.41, 5.74) is 5.61. The van der Waals surface area contributed by atoms with Gasteiger partial charge in [0, 0.05) is 41.9 Å². The van der Waals surface area contributed by atoms with Crippen molar-refractivity contribution >= 4 is 29.4 Å². The average molecular weight is 598 g/mol. The molecule has 0 aliphatic carbocycles. The predicted octanol–water partition coefficient (Wildman–Crippen LogP) is 5.87. The van der Waals surface area contributed by atoms with Crippen LogP contribution in [0.4, 0.5) is 5.69 Å². The summed E-state index contributed by atoms with van der Waals surface area (Å²) in [4.78, 5) is 45.7. The van der Waals surface area contributed by atoms with Crippen LogP contribution in [0.1, 0.15) is 48.9 Å². The topological polar surface area (TPSA) is 130 Å². The van der Waals surface area contributed by atoms with Crippen LogP contribution in [0.2, 0.25) is 0 Å². The van der Waals surface area contributed by atoms with Gasteiger partial charge in [0.15, 0.2) is 0 Å². The van der Waals surface area contributed by atoms with Gasteiger partial charge in [-0.25, -0.2) is 4.79 Å². The molecule has 1 aromatic heterocycles. The number of aliphatic imine (C=N–C) groups is 1. The molecule has 0 saturated heterocycles. The summed E-state index contributed by atoms with van der Waals surface area (Å²) >= 11 is 0. The number of carbonyl (C=O) groups excluding carboxylic acids is 2. The number of esters is 2. The summed E-state index contributed by atoms with van der Waals surface area (Å²) in [7, 11) is 1.25. The minimum absolute atomic E-state index is 0.0286. The lowest BCUT2D eigenvalue weighted by Crippen LogP contribution is -2.36. The molecule has 10 nitrogen and oxygen atoms in total. The number of carbonyl (C=O) groups is 2. The molecule has 2 unspecified atom stereocenters. The zero-order valence-electron chi connectivity index (χ0n) is 25.2. The first-order chi connectivity index (χ1) is 21.2. The van der Waals surface area contributed by atoms with Crippen LogP contribution in [0.5, 0.6) is 0 Å². The van der Waals surface area contributed by atoms with E-state index in [2.05, 4.69) is 40.3 Å². The van der Waals surface area contributed by atoms with Gasteiger partial charge < -0.3 is 14.2 Å². The molecule has 0 bridgehead atoms. The van der Waals surface area contributed by atoms with E-state index < -0.39 is 28.7 Å². The maximum absolute atomic E-state index is 13.3. The highest BCUT2D eigenvalue weighted by atomic mass is 16.6. The molecule has 0 amide bonds. The third kappa shape index (κ3) is 8.11. The van der Waals surface area contributed by atoms with Crippen LogP contribution < -0.4 is 0 Å². The lowest BCUT2D eigenvalue weighted by atomic mass is 9.75. The van der Waals surface area contributed by atoms with Gasteiger partial charge in [-0.05, 0) is 61.1 Å². The van der Waals surface area contributed by atoms with E-state index in [1.165, 1.54) is 30.9 Å². The van der Waals surface area contributed by atoms with Crippen molar-refractivity contribution in [2.24, 2.45) is 10.9 Å². The Morgan fingerprint density at radius 2 is 1.80 bits per heavy atom. The Hall–Kier alpha value is -4.96. The van der Waals surface area contributed by atoms with Gasteiger partial charge in [0.25, 0.3) is 5.69 Å². The molecule has 0 fully saturated rings. The van der Waals surface area contributed by atoms with E-state index >= 15 is 0 Å². The quantitative estimate of drug-likeness (QED) is 0.110. The third-order valence-electron chi connectivity index (χ3n) is 7.26. The number of methoxy groups -OCH3 is 1. The van der Waals surface area contributed by atoms with Crippen molar-refractivity contribution in [2.45, 2.75) is 33.1 Å². The molecule has 0 spiro atoms. The Morgan fingerprint density at radius 3 is 2.48 bits per heavy atom. The molecule has 2 atom stereocenters. The van der Waals surface area contributed by atoms with Gasteiger partial charge in [-0.1, -0.05) is 48.5 Å². The van der Waals surface area contributed by atoms with Gasteiger partial charge in [-0.2, -0.15) is 0 Å². The third-order valence-corrected chi connectivity index (χ3v) is 7.26. The first kappa shape index (κ1) is 32.0. The number of pyridine rings is 1. The second kappa shape index (κ2) is 15.0. The molecule has 0 saturated carbocycles. The van der Waals surface area contributed by atoms with Crippen molar-refractivity contribution in [3.63, 3.8) is 0 Å². The van der Waals surface area contributed by atoms with Crippen molar-refractivity contribution in [2.75, 3.05) is 26.9 Å². The van der Waals surface area contributed by atoms with Crippen LogP contribution in [0.15, 0.2) is 94.9 Å². The Balaban J connectivity index is 1.36. The standard InChI is InChI=1S/C34H35N3O7/c1-22(17-25-10-12-26(13-11-25)18-27-7-6-14-35-20-27)21-43-15-16-44-34(39)31-24(3)36-23(2)30(33(38)42-4)32(31)28-8-5-9-29(19-28)37(40)41/h5-14,17,19-20,30,32H,15-16,18,21H2,1-4H3.